The highest BCUT2D eigenvalue weighted by Crippen LogP contribution is 2.42. The first-order chi connectivity index (χ1) is 17.0. The van der Waals surface area contributed by atoms with Gasteiger partial charge in [0.1, 0.15) is 29.8 Å². The summed E-state index contributed by atoms with van der Waals surface area (Å²) >= 11 is 0. The Morgan fingerprint density at radius 2 is 1.51 bits per heavy atom. The zero-order valence-corrected chi connectivity index (χ0v) is 19.8. The van der Waals surface area contributed by atoms with Gasteiger partial charge in [-0.25, -0.2) is 13.3 Å². The molecular formula is C30H26F2NO2+. The summed E-state index contributed by atoms with van der Waals surface area (Å²) < 4.78 is 43.2. The zero-order chi connectivity index (χ0) is 24.1. The van der Waals surface area contributed by atoms with Gasteiger partial charge in [-0.3, -0.25) is 0 Å². The number of pyridine rings is 1. The van der Waals surface area contributed by atoms with Crippen LogP contribution in [-0.2, 0) is 11.8 Å². The number of furan rings is 1. The largest absolute Gasteiger partial charge is 0.454 e. The van der Waals surface area contributed by atoms with Crippen molar-refractivity contribution in [2.75, 3.05) is 13.2 Å². The fourth-order valence-corrected chi connectivity index (χ4v) is 5.31. The summed E-state index contributed by atoms with van der Waals surface area (Å²) in [5, 5.41) is 1.72. The average molecular weight is 471 g/mol. The van der Waals surface area contributed by atoms with Crippen LogP contribution >= 0.6 is 0 Å². The van der Waals surface area contributed by atoms with E-state index in [-0.39, 0.29) is 11.6 Å². The van der Waals surface area contributed by atoms with Gasteiger partial charge in [0.15, 0.2) is 6.20 Å². The first-order valence-electron chi connectivity index (χ1n) is 12.0. The lowest BCUT2D eigenvalue weighted by atomic mass is 9.90. The number of aromatic nitrogens is 1. The van der Waals surface area contributed by atoms with Crippen molar-refractivity contribution in [1.82, 2.24) is 0 Å². The summed E-state index contributed by atoms with van der Waals surface area (Å²) in [6.45, 7) is 3.54. The number of aryl methyl sites for hydroxylation is 2. The monoisotopic (exact) mass is 470 g/mol. The molecule has 6 rings (SSSR count). The molecule has 1 saturated heterocycles. The van der Waals surface area contributed by atoms with Crippen molar-refractivity contribution in [3.63, 3.8) is 0 Å². The predicted octanol–water partition coefficient (Wildman–Crippen LogP) is 7.23. The maximum atomic E-state index is 15.3. The van der Waals surface area contributed by atoms with Crippen LogP contribution in [-0.4, -0.2) is 13.2 Å². The summed E-state index contributed by atoms with van der Waals surface area (Å²) in [6, 6.07) is 18.3. The molecule has 0 radical (unpaired) electrons. The molecule has 1 fully saturated rings. The third-order valence-electron chi connectivity index (χ3n) is 7.23. The quantitative estimate of drug-likeness (QED) is 0.260. The Hall–Kier alpha value is -3.57. The average Bonchev–Trinajstić information content (AvgIpc) is 3.24. The second-order valence-electron chi connectivity index (χ2n) is 9.39. The molecular weight excluding hydrogens is 444 g/mol. The van der Waals surface area contributed by atoms with E-state index >= 15 is 4.39 Å². The highest BCUT2D eigenvalue weighted by atomic mass is 19.1. The summed E-state index contributed by atoms with van der Waals surface area (Å²) in [5.41, 5.74) is 6.09. The van der Waals surface area contributed by atoms with Crippen molar-refractivity contribution in [2.24, 2.45) is 7.05 Å². The number of ether oxygens (including phenoxy) is 1. The Morgan fingerprint density at radius 1 is 0.829 bits per heavy atom. The smallest absolute Gasteiger partial charge is 0.219 e. The van der Waals surface area contributed by atoms with Crippen LogP contribution in [0, 0.1) is 18.6 Å². The van der Waals surface area contributed by atoms with Crippen molar-refractivity contribution in [3.05, 3.63) is 89.6 Å². The lowest BCUT2D eigenvalue weighted by Crippen LogP contribution is -2.30. The number of hydrogen-bond donors (Lipinski definition) is 0. The molecule has 5 heteroatoms. The van der Waals surface area contributed by atoms with Crippen molar-refractivity contribution in [3.8, 4) is 22.4 Å². The van der Waals surface area contributed by atoms with Gasteiger partial charge in [-0.05, 0) is 54.5 Å². The van der Waals surface area contributed by atoms with Gasteiger partial charge in [-0.2, -0.15) is 0 Å². The van der Waals surface area contributed by atoms with E-state index in [1.807, 2.05) is 42.8 Å². The summed E-state index contributed by atoms with van der Waals surface area (Å²) in [7, 11) is 1.88. The summed E-state index contributed by atoms with van der Waals surface area (Å²) in [6.07, 6.45) is 3.70. The standard InChI is InChI=1S/C30H26F2NO2/c1-18-3-8-23-24-9-10-25(32)28(21-6-4-19(5-7-21)20-12-15-34-16-13-20)30(24)35-29(23)27(18)26-17-22(31)11-14-33(26)2/h3-11,14,17,20H,12-13,15-16H2,1-2H3/q+1. The van der Waals surface area contributed by atoms with Crippen molar-refractivity contribution < 1.29 is 22.5 Å². The van der Waals surface area contributed by atoms with Gasteiger partial charge in [0.2, 0.25) is 5.69 Å². The summed E-state index contributed by atoms with van der Waals surface area (Å²) in [4.78, 5) is 0. The highest BCUT2D eigenvalue weighted by Gasteiger charge is 2.24. The van der Waals surface area contributed by atoms with E-state index in [1.54, 1.807) is 12.3 Å². The number of halogens is 2. The van der Waals surface area contributed by atoms with Crippen molar-refractivity contribution in [2.45, 2.75) is 25.7 Å². The Labute approximate surface area is 202 Å². The molecule has 2 aromatic heterocycles. The topological polar surface area (TPSA) is 26.2 Å². The molecule has 176 valence electrons. The van der Waals surface area contributed by atoms with E-state index in [2.05, 4.69) is 12.1 Å². The molecule has 5 aromatic rings. The van der Waals surface area contributed by atoms with E-state index in [1.165, 1.54) is 23.8 Å². The molecule has 0 unspecified atom stereocenters. The van der Waals surface area contributed by atoms with Gasteiger partial charge in [0.25, 0.3) is 0 Å². The van der Waals surface area contributed by atoms with E-state index < -0.39 is 0 Å². The summed E-state index contributed by atoms with van der Waals surface area (Å²) in [5.74, 6) is -0.172. The minimum Gasteiger partial charge on any atom is -0.454 e. The number of benzene rings is 3. The Bertz CT molecular complexity index is 1560. The van der Waals surface area contributed by atoms with Crippen LogP contribution in [0.3, 0.4) is 0 Å². The van der Waals surface area contributed by atoms with Crippen molar-refractivity contribution >= 4 is 21.9 Å². The second kappa shape index (κ2) is 8.58. The SMILES string of the molecule is Cc1ccc2c(oc3c(-c4ccc(C5CCOCC5)cc4)c(F)ccc32)c1-c1cc(F)cc[n+]1C. The Balaban J connectivity index is 1.55. The van der Waals surface area contributed by atoms with Crippen LogP contribution in [0.1, 0.15) is 29.9 Å². The minimum atomic E-state index is -0.329. The normalized spacial score (nSPS) is 14.7. The van der Waals surface area contributed by atoms with Crippen LogP contribution in [0.25, 0.3) is 44.3 Å². The predicted molar refractivity (Wildman–Crippen MR) is 133 cm³/mol. The third kappa shape index (κ3) is 3.71. The Kier molecular flexibility index (Phi) is 5.37. The van der Waals surface area contributed by atoms with Gasteiger partial charge in [0.05, 0.1) is 11.1 Å². The molecule has 1 aliphatic rings. The number of hydrogen-bond acceptors (Lipinski definition) is 2. The van der Waals surface area contributed by atoms with Crippen molar-refractivity contribution in [1.29, 1.82) is 0 Å². The lowest BCUT2D eigenvalue weighted by molar-refractivity contribution is -0.660. The van der Waals surface area contributed by atoms with Gasteiger partial charge in [-0.15, -0.1) is 0 Å². The molecule has 3 heterocycles. The molecule has 35 heavy (non-hydrogen) atoms. The van der Waals surface area contributed by atoms with E-state index in [0.29, 0.717) is 28.3 Å². The number of fused-ring (bicyclic) bond motifs is 3. The molecule has 0 saturated carbocycles. The first kappa shape index (κ1) is 21.9. The van der Waals surface area contributed by atoms with Crippen LogP contribution in [0.2, 0.25) is 0 Å². The lowest BCUT2D eigenvalue weighted by Gasteiger charge is -2.22. The van der Waals surface area contributed by atoms with Crippen LogP contribution in [0.4, 0.5) is 8.78 Å². The highest BCUT2D eigenvalue weighted by molar-refractivity contribution is 6.13. The maximum absolute atomic E-state index is 15.3. The third-order valence-corrected chi connectivity index (χ3v) is 7.23. The number of nitrogens with zero attached hydrogens (tertiary/aromatic N) is 1. The fourth-order valence-electron chi connectivity index (χ4n) is 5.31. The molecule has 3 aromatic carbocycles. The number of rotatable bonds is 3. The van der Waals surface area contributed by atoms with Gasteiger partial charge in [-0.1, -0.05) is 36.4 Å². The fraction of sp³-hybridized carbons (Fsp3) is 0.233. The zero-order valence-electron chi connectivity index (χ0n) is 19.8. The van der Waals surface area contributed by atoms with Gasteiger partial charge >= 0.3 is 0 Å². The molecule has 1 aliphatic heterocycles. The van der Waals surface area contributed by atoms with Crippen LogP contribution in [0.5, 0.6) is 0 Å². The van der Waals surface area contributed by atoms with E-state index in [0.717, 1.165) is 53.5 Å². The molecule has 0 N–H and O–H groups in total. The van der Waals surface area contributed by atoms with Crippen LogP contribution < -0.4 is 4.57 Å². The molecule has 0 aliphatic carbocycles. The van der Waals surface area contributed by atoms with Gasteiger partial charge in [0, 0.05) is 36.1 Å². The molecule has 3 nitrogen and oxygen atoms in total. The second-order valence-corrected chi connectivity index (χ2v) is 9.39. The Morgan fingerprint density at radius 3 is 2.26 bits per heavy atom. The molecule has 0 atom stereocenters. The van der Waals surface area contributed by atoms with Crippen LogP contribution in [0.15, 0.2) is 71.3 Å². The van der Waals surface area contributed by atoms with E-state index in [9.17, 15) is 4.39 Å². The minimum absolute atomic E-state index is 0.318. The van der Waals surface area contributed by atoms with Gasteiger partial charge < -0.3 is 9.15 Å². The van der Waals surface area contributed by atoms with E-state index in [4.69, 9.17) is 9.15 Å². The molecule has 0 spiro atoms. The molecule has 0 bridgehead atoms. The molecule has 0 amide bonds. The maximum Gasteiger partial charge on any atom is 0.219 e. The first-order valence-corrected chi connectivity index (χ1v) is 12.0.